The minimum Gasteiger partial charge on any atom is -0.489 e. The van der Waals surface area contributed by atoms with E-state index in [2.05, 4.69) is 21.4 Å². The fourth-order valence-corrected chi connectivity index (χ4v) is 4.07. The summed E-state index contributed by atoms with van der Waals surface area (Å²) >= 11 is 0. The van der Waals surface area contributed by atoms with E-state index in [1.807, 2.05) is 121 Å². The molecule has 1 heterocycles. The van der Waals surface area contributed by atoms with Gasteiger partial charge in [-0.1, -0.05) is 91.0 Å². The second-order valence-corrected chi connectivity index (χ2v) is 8.39. The normalized spacial score (nSPS) is 14.2. The van der Waals surface area contributed by atoms with Crippen LogP contribution in [0.2, 0.25) is 0 Å². The molecule has 0 unspecified atom stereocenters. The third-order valence-electron chi connectivity index (χ3n) is 5.97. The summed E-state index contributed by atoms with van der Waals surface area (Å²) in [4.78, 5) is 12.8. The summed E-state index contributed by atoms with van der Waals surface area (Å²) in [6.07, 6.45) is 3.49. The van der Waals surface area contributed by atoms with Gasteiger partial charge < -0.3 is 10.2 Å². The zero-order valence-electron chi connectivity index (χ0n) is 19.6. The lowest BCUT2D eigenvalue weighted by molar-refractivity contribution is -0.117. The Morgan fingerprint density at radius 2 is 1.39 bits per heavy atom. The molecule has 5 rings (SSSR count). The summed E-state index contributed by atoms with van der Waals surface area (Å²) in [5.74, 6) is 0.430. The van der Waals surface area contributed by atoms with Crippen molar-refractivity contribution in [3.63, 3.8) is 0 Å². The van der Waals surface area contributed by atoms with E-state index in [1.54, 1.807) is 6.21 Å². The molecule has 0 spiro atoms. The van der Waals surface area contributed by atoms with Gasteiger partial charge in [0.1, 0.15) is 23.6 Å². The second-order valence-electron chi connectivity index (χ2n) is 8.39. The molecule has 0 fully saturated rings. The molecule has 4 aromatic rings. The van der Waals surface area contributed by atoms with E-state index >= 15 is 0 Å². The molecule has 4 aromatic carbocycles. The van der Waals surface area contributed by atoms with Crippen LogP contribution in [0, 0.1) is 0 Å². The van der Waals surface area contributed by atoms with Gasteiger partial charge in [-0.05, 0) is 52.6 Å². The van der Waals surface area contributed by atoms with E-state index in [4.69, 9.17) is 4.74 Å². The predicted octanol–water partition coefficient (Wildman–Crippen LogP) is 4.65. The molecule has 178 valence electrons. The van der Waals surface area contributed by atoms with Crippen molar-refractivity contribution in [2.24, 2.45) is 5.10 Å². The molecule has 1 aliphatic rings. The van der Waals surface area contributed by atoms with Gasteiger partial charge in [0.05, 0.1) is 6.21 Å². The maximum atomic E-state index is 12.8. The smallest absolute Gasteiger partial charge is 0.288 e. The summed E-state index contributed by atoms with van der Waals surface area (Å²) in [5, 5.41) is 4.13. The number of hydrazone groups is 1. The Bertz CT molecular complexity index is 1310. The van der Waals surface area contributed by atoms with Crippen LogP contribution in [0.1, 0.15) is 22.3 Å². The van der Waals surface area contributed by atoms with Gasteiger partial charge in [0.15, 0.2) is 0 Å². The number of nitrogens with one attached hydrogen (secondary N) is 3. The van der Waals surface area contributed by atoms with Gasteiger partial charge in [0.25, 0.3) is 5.91 Å². The van der Waals surface area contributed by atoms with Crippen molar-refractivity contribution in [2.75, 3.05) is 0 Å². The van der Waals surface area contributed by atoms with Gasteiger partial charge >= 0.3 is 0 Å². The Hall–Kier alpha value is -4.68. The van der Waals surface area contributed by atoms with E-state index in [-0.39, 0.29) is 5.91 Å². The third-order valence-corrected chi connectivity index (χ3v) is 5.97. The highest BCUT2D eigenvalue weighted by atomic mass is 16.5. The Balaban J connectivity index is 1.24. The minimum absolute atomic E-state index is 0.338. The highest BCUT2D eigenvalue weighted by molar-refractivity contribution is 5.94. The van der Waals surface area contributed by atoms with Crippen molar-refractivity contribution in [1.82, 2.24) is 16.3 Å². The highest BCUT2D eigenvalue weighted by Crippen LogP contribution is 2.34. The lowest BCUT2D eigenvalue weighted by atomic mass is 9.83. The molecule has 0 saturated heterocycles. The van der Waals surface area contributed by atoms with E-state index in [9.17, 15) is 4.79 Å². The number of rotatable bonds is 8. The SMILES string of the molecule is O=C(NN=Cc1ccc(OCc2ccccc2)cc1)C1=CC(c2ccccc2)(c2ccccc2)NN1. The zero-order valence-corrected chi connectivity index (χ0v) is 19.6. The van der Waals surface area contributed by atoms with Crippen molar-refractivity contribution in [1.29, 1.82) is 0 Å². The summed E-state index contributed by atoms with van der Waals surface area (Å²) in [5.41, 5.74) is 12.7. The first-order valence-electron chi connectivity index (χ1n) is 11.7. The van der Waals surface area contributed by atoms with Crippen LogP contribution >= 0.6 is 0 Å². The predicted molar refractivity (Wildman–Crippen MR) is 141 cm³/mol. The number of benzene rings is 4. The fourth-order valence-electron chi connectivity index (χ4n) is 4.07. The summed E-state index contributed by atoms with van der Waals surface area (Å²) < 4.78 is 5.81. The van der Waals surface area contributed by atoms with E-state index in [0.717, 1.165) is 28.0 Å². The first-order chi connectivity index (χ1) is 17.7. The molecule has 0 radical (unpaired) electrons. The van der Waals surface area contributed by atoms with E-state index < -0.39 is 5.54 Å². The van der Waals surface area contributed by atoms with Crippen molar-refractivity contribution in [3.05, 3.63) is 149 Å². The average molecular weight is 475 g/mol. The third kappa shape index (κ3) is 5.19. The van der Waals surface area contributed by atoms with Crippen molar-refractivity contribution >= 4 is 12.1 Å². The molecular formula is C30H26N4O2. The van der Waals surface area contributed by atoms with Gasteiger partial charge in [0.2, 0.25) is 0 Å². The highest BCUT2D eigenvalue weighted by Gasteiger charge is 2.38. The van der Waals surface area contributed by atoms with Crippen molar-refractivity contribution in [3.8, 4) is 5.75 Å². The molecule has 0 atom stereocenters. The van der Waals surface area contributed by atoms with Gasteiger partial charge in [-0.25, -0.2) is 10.9 Å². The number of carbonyl (C=O) groups excluding carboxylic acids is 1. The topological polar surface area (TPSA) is 74.8 Å². The lowest BCUT2D eigenvalue weighted by Gasteiger charge is -2.28. The van der Waals surface area contributed by atoms with Crippen LogP contribution in [0.25, 0.3) is 0 Å². The number of hydrogen-bond donors (Lipinski definition) is 3. The lowest BCUT2D eigenvalue weighted by Crippen LogP contribution is -2.44. The number of hydrazine groups is 1. The van der Waals surface area contributed by atoms with Crippen LogP contribution in [0.4, 0.5) is 0 Å². The van der Waals surface area contributed by atoms with Crippen LogP contribution in [0.5, 0.6) is 5.75 Å². The average Bonchev–Trinajstić information content (AvgIpc) is 3.41. The molecule has 3 N–H and O–H groups in total. The van der Waals surface area contributed by atoms with Crippen LogP contribution in [-0.2, 0) is 16.9 Å². The maximum Gasteiger partial charge on any atom is 0.288 e. The van der Waals surface area contributed by atoms with Gasteiger partial charge in [0, 0.05) is 0 Å². The molecule has 6 heteroatoms. The summed E-state index contributed by atoms with van der Waals surface area (Å²) in [6, 6.07) is 37.5. The maximum absolute atomic E-state index is 12.8. The number of amides is 1. The van der Waals surface area contributed by atoms with Gasteiger partial charge in [-0.2, -0.15) is 5.10 Å². The number of nitrogens with zero attached hydrogens (tertiary/aromatic N) is 1. The summed E-state index contributed by atoms with van der Waals surface area (Å²) in [7, 11) is 0. The fraction of sp³-hybridized carbons (Fsp3) is 0.0667. The van der Waals surface area contributed by atoms with E-state index in [1.165, 1.54) is 0 Å². The molecule has 6 nitrogen and oxygen atoms in total. The zero-order chi connectivity index (χ0) is 24.6. The quantitative estimate of drug-likeness (QED) is 0.257. The molecule has 36 heavy (non-hydrogen) atoms. The van der Waals surface area contributed by atoms with Crippen LogP contribution in [0.3, 0.4) is 0 Å². The Labute approximate surface area is 210 Å². The Morgan fingerprint density at radius 3 is 2.00 bits per heavy atom. The second kappa shape index (κ2) is 10.7. The van der Waals surface area contributed by atoms with Crippen molar-refractivity contribution in [2.45, 2.75) is 12.1 Å². The van der Waals surface area contributed by atoms with Gasteiger partial charge in [-0.15, -0.1) is 0 Å². The van der Waals surface area contributed by atoms with Crippen LogP contribution < -0.4 is 21.0 Å². The van der Waals surface area contributed by atoms with E-state index in [0.29, 0.717) is 12.3 Å². The largest absolute Gasteiger partial charge is 0.489 e. The first-order valence-corrected chi connectivity index (χ1v) is 11.7. The molecule has 0 saturated carbocycles. The Morgan fingerprint density at radius 1 is 0.806 bits per heavy atom. The Kier molecular flexibility index (Phi) is 6.87. The molecule has 0 aliphatic carbocycles. The number of carbonyl (C=O) groups is 1. The van der Waals surface area contributed by atoms with Crippen molar-refractivity contribution < 1.29 is 9.53 Å². The first kappa shape index (κ1) is 23.1. The molecule has 0 bridgehead atoms. The molecular weight excluding hydrogens is 448 g/mol. The minimum atomic E-state index is -0.672. The van der Waals surface area contributed by atoms with Crippen LogP contribution in [-0.4, -0.2) is 12.1 Å². The van der Waals surface area contributed by atoms with Gasteiger partial charge in [-0.3, -0.25) is 4.79 Å². The molecule has 1 aliphatic heterocycles. The molecule has 1 amide bonds. The van der Waals surface area contributed by atoms with Crippen LogP contribution in [0.15, 0.2) is 132 Å². The number of ether oxygens (including phenoxy) is 1. The molecule has 0 aromatic heterocycles. The standard InChI is InChI=1S/C30H26N4O2/c35-29(33-31-21-23-16-18-27(19-17-23)36-22-24-10-4-1-5-11-24)28-20-30(34-32-28,25-12-6-2-7-13-25)26-14-8-3-9-15-26/h1-21,32,34H,22H2,(H,33,35). The number of hydrogen-bond acceptors (Lipinski definition) is 5. The summed E-state index contributed by atoms with van der Waals surface area (Å²) in [6.45, 7) is 0.508. The monoisotopic (exact) mass is 474 g/mol.